The van der Waals surface area contributed by atoms with Crippen molar-refractivity contribution in [3.63, 3.8) is 0 Å². The molecule has 1 fully saturated rings. The quantitative estimate of drug-likeness (QED) is 0.600. The highest BCUT2D eigenvalue weighted by atomic mass is 16.2. The van der Waals surface area contributed by atoms with Crippen LogP contribution in [0.1, 0.15) is 6.92 Å². The first-order valence-electron chi connectivity index (χ1n) is 5.16. The molecule has 1 aliphatic rings. The number of amides is 5. The standard InChI is InChI=1S/C10H18N4O3/c1-10(13(5)8(16)11(2)3)7(15)12(4)9(17)14(10)6/h1-6H3. The highest BCUT2D eigenvalue weighted by Gasteiger charge is 2.55. The first-order chi connectivity index (χ1) is 7.65. The summed E-state index contributed by atoms with van der Waals surface area (Å²) < 4.78 is 0. The van der Waals surface area contributed by atoms with Crippen LogP contribution in [0.4, 0.5) is 9.59 Å². The second kappa shape index (κ2) is 3.90. The minimum Gasteiger partial charge on any atom is -0.331 e. The van der Waals surface area contributed by atoms with E-state index >= 15 is 0 Å². The number of hydrogen-bond acceptors (Lipinski definition) is 3. The molecule has 1 heterocycles. The summed E-state index contributed by atoms with van der Waals surface area (Å²) in [5.41, 5.74) is -1.27. The molecule has 1 atom stereocenters. The average molecular weight is 242 g/mol. The first-order valence-corrected chi connectivity index (χ1v) is 5.16. The Kier molecular flexibility index (Phi) is 3.05. The van der Waals surface area contributed by atoms with Gasteiger partial charge in [0.2, 0.25) is 0 Å². The fraction of sp³-hybridized carbons (Fsp3) is 0.700. The SMILES string of the molecule is CN(C)C(=O)N(C)C1(C)C(=O)N(C)C(=O)N1C. The van der Waals surface area contributed by atoms with Crippen molar-refractivity contribution in [2.75, 3.05) is 35.2 Å². The smallest absolute Gasteiger partial charge is 0.328 e. The number of nitrogens with zero attached hydrogens (tertiary/aromatic N) is 4. The number of imide groups is 1. The summed E-state index contributed by atoms with van der Waals surface area (Å²) in [5.74, 6) is -0.414. The number of carbonyl (C=O) groups excluding carboxylic acids is 3. The summed E-state index contributed by atoms with van der Waals surface area (Å²) in [4.78, 5) is 40.5. The number of carbonyl (C=O) groups is 3. The third kappa shape index (κ3) is 1.62. The Balaban J connectivity index is 3.14. The predicted octanol–water partition coefficient (Wildman–Crippen LogP) is -0.160. The van der Waals surface area contributed by atoms with Crippen LogP contribution in [0.15, 0.2) is 0 Å². The Morgan fingerprint density at radius 3 is 1.94 bits per heavy atom. The second-order valence-corrected chi connectivity index (χ2v) is 4.46. The van der Waals surface area contributed by atoms with Gasteiger partial charge in [-0.15, -0.1) is 0 Å². The lowest BCUT2D eigenvalue weighted by Crippen LogP contribution is -2.61. The van der Waals surface area contributed by atoms with Crippen molar-refractivity contribution in [2.24, 2.45) is 0 Å². The summed E-state index contributed by atoms with van der Waals surface area (Å²) in [5, 5.41) is 0. The van der Waals surface area contributed by atoms with Crippen LogP contribution in [-0.4, -0.2) is 78.5 Å². The maximum absolute atomic E-state index is 12.1. The summed E-state index contributed by atoms with van der Waals surface area (Å²) in [6.45, 7) is 1.55. The zero-order valence-electron chi connectivity index (χ0n) is 11.0. The molecule has 1 saturated heterocycles. The highest BCUT2D eigenvalue weighted by Crippen LogP contribution is 2.28. The van der Waals surface area contributed by atoms with Crippen LogP contribution in [-0.2, 0) is 4.79 Å². The predicted molar refractivity (Wildman–Crippen MR) is 61.2 cm³/mol. The Bertz CT molecular complexity index is 382. The lowest BCUT2D eigenvalue weighted by atomic mass is 10.1. The third-order valence-corrected chi connectivity index (χ3v) is 3.26. The molecule has 0 aliphatic carbocycles. The molecule has 0 aromatic heterocycles. The minimum atomic E-state index is -1.27. The van der Waals surface area contributed by atoms with E-state index in [-0.39, 0.29) is 6.03 Å². The molecular formula is C10H18N4O3. The number of hydrogen-bond donors (Lipinski definition) is 0. The molecule has 0 spiro atoms. The van der Waals surface area contributed by atoms with Crippen molar-refractivity contribution in [2.45, 2.75) is 12.6 Å². The Labute approximate surface area is 101 Å². The van der Waals surface area contributed by atoms with Crippen molar-refractivity contribution in [1.29, 1.82) is 0 Å². The fourth-order valence-electron chi connectivity index (χ4n) is 1.81. The van der Waals surface area contributed by atoms with Gasteiger partial charge in [0.05, 0.1) is 0 Å². The molecule has 0 saturated carbocycles. The topological polar surface area (TPSA) is 64.2 Å². The van der Waals surface area contributed by atoms with Gasteiger partial charge in [-0.25, -0.2) is 9.59 Å². The van der Waals surface area contributed by atoms with Crippen LogP contribution < -0.4 is 0 Å². The van der Waals surface area contributed by atoms with E-state index in [1.165, 1.54) is 35.8 Å². The monoisotopic (exact) mass is 242 g/mol. The van der Waals surface area contributed by atoms with Gasteiger partial charge in [0.25, 0.3) is 5.91 Å². The molecule has 7 nitrogen and oxygen atoms in total. The van der Waals surface area contributed by atoms with E-state index < -0.39 is 17.6 Å². The molecule has 96 valence electrons. The lowest BCUT2D eigenvalue weighted by molar-refractivity contribution is -0.137. The van der Waals surface area contributed by atoms with E-state index in [4.69, 9.17) is 0 Å². The van der Waals surface area contributed by atoms with Gasteiger partial charge in [0.15, 0.2) is 5.66 Å². The molecular weight excluding hydrogens is 224 g/mol. The summed E-state index contributed by atoms with van der Waals surface area (Å²) in [7, 11) is 7.59. The third-order valence-electron chi connectivity index (χ3n) is 3.26. The van der Waals surface area contributed by atoms with Crippen molar-refractivity contribution < 1.29 is 14.4 Å². The van der Waals surface area contributed by atoms with E-state index in [0.717, 1.165) is 4.90 Å². The molecule has 1 aliphatic heterocycles. The van der Waals surface area contributed by atoms with E-state index in [0.29, 0.717) is 0 Å². The van der Waals surface area contributed by atoms with Crippen LogP contribution in [0.25, 0.3) is 0 Å². The van der Waals surface area contributed by atoms with Gasteiger partial charge in [-0.2, -0.15) is 0 Å². The first kappa shape index (κ1) is 13.3. The van der Waals surface area contributed by atoms with Crippen molar-refractivity contribution >= 4 is 18.0 Å². The molecule has 0 aromatic carbocycles. The summed E-state index contributed by atoms with van der Waals surface area (Å²) >= 11 is 0. The Hall–Kier alpha value is -1.79. The van der Waals surface area contributed by atoms with Crippen molar-refractivity contribution in [3.8, 4) is 0 Å². The summed E-state index contributed by atoms with van der Waals surface area (Å²) in [6.07, 6.45) is 0. The zero-order chi connectivity index (χ0) is 13.5. The molecule has 5 amide bonds. The molecule has 7 heteroatoms. The van der Waals surface area contributed by atoms with E-state index in [1.807, 2.05) is 0 Å². The summed E-state index contributed by atoms with van der Waals surface area (Å²) in [6, 6.07) is -0.758. The van der Waals surface area contributed by atoms with Crippen LogP contribution in [0.5, 0.6) is 0 Å². The molecule has 1 unspecified atom stereocenters. The lowest BCUT2D eigenvalue weighted by Gasteiger charge is -2.38. The van der Waals surface area contributed by atoms with Crippen molar-refractivity contribution in [1.82, 2.24) is 19.6 Å². The normalized spacial score (nSPS) is 24.4. The van der Waals surface area contributed by atoms with E-state index in [9.17, 15) is 14.4 Å². The van der Waals surface area contributed by atoms with Gasteiger partial charge in [-0.3, -0.25) is 19.5 Å². The van der Waals surface area contributed by atoms with Crippen LogP contribution >= 0.6 is 0 Å². The molecule has 0 N–H and O–H groups in total. The molecule has 0 bridgehead atoms. The van der Waals surface area contributed by atoms with Crippen LogP contribution in [0.3, 0.4) is 0 Å². The van der Waals surface area contributed by atoms with Gasteiger partial charge >= 0.3 is 12.1 Å². The number of rotatable bonds is 1. The molecule has 1 rings (SSSR count). The number of likely N-dealkylation sites (N-methyl/N-ethyl adjacent to an activating group) is 3. The average Bonchev–Trinajstić information content (AvgIpc) is 2.44. The van der Waals surface area contributed by atoms with Gasteiger partial charge < -0.3 is 4.90 Å². The van der Waals surface area contributed by atoms with Gasteiger partial charge in [-0.1, -0.05) is 0 Å². The minimum absolute atomic E-state index is 0.337. The molecule has 17 heavy (non-hydrogen) atoms. The maximum Gasteiger partial charge on any atom is 0.328 e. The highest BCUT2D eigenvalue weighted by molar-refractivity contribution is 6.07. The fourth-order valence-corrected chi connectivity index (χ4v) is 1.81. The van der Waals surface area contributed by atoms with E-state index in [2.05, 4.69) is 0 Å². The van der Waals surface area contributed by atoms with Gasteiger partial charge in [0.1, 0.15) is 0 Å². The van der Waals surface area contributed by atoms with Crippen LogP contribution in [0, 0.1) is 0 Å². The zero-order valence-corrected chi connectivity index (χ0v) is 11.0. The van der Waals surface area contributed by atoms with Crippen molar-refractivity contribution in [3.05, 3.63) is 0 Å². The maximum atomic E-state index is 12.1. The van der Waals surface area contributed by atoms with Crippen LogP contribution in [0.2, 0.25) is 0 Å². The largest absolute Gasteiger partial charge is 0.331 e. The molecule has 0 radical (unpaired) electrons. The second-order valence-electron chi connectivity index (χ2n) is 4.46. The Morgan fingerprint density at radius 1 is 1.18 bits per heavy atom. The number of urea groups is 2. The molecule has 0 aromatic rings. The van der Waals surface area contributed by atoms with Gasteiger partial charge in [0, 0.05) is 35.2 Å². The van der Waals surface area contributed by atoms with E-state index in [1.54, 1.807) is 21.0 Å². The Morgan fingerprint density at radius 2 is 1.65 bits per heavy atom. The van der Waals surface area contributed by atoms with Gasteiger partial charge in [-0.05, 0) is 6.92 Å².